The lowest BCUT2D eigenvalue weighted by Crippen LogP contribution is -1.92. The monoisotopic (exact) mass is 294 g/mol. The minimum atomic E-state index is 0.445. The smallest absolute Gasteiger partial charge is 0.0529 e. The Morgan fingerprint density at radius 2 is 1.88 bits per heavy atom. The maximum absolute atomic E-state index is 3.78. The molecule has 84 valence electrons. The van der Waals surface area contributed by atoms with Crippen molar-refractivity contribution in [3.05, 3.63) is 57.8 Å². The Hall–Kier alpha value is -0.600. The van der Waals surface area contributed by atoms with Gasteiger partial charge in [0.15, 0.2) is 0 Å². The Bertz CT molecular complexity index is 433. The molecule has 1 aromatic carbocycles. The lowest BCUT2D eigenvalue weighted by atomic mass is 10.1. The van der Waals surface area contributed by atoms with Crippen LogP contribution in [0.3, 0.4) is 0 Å². The second kappa shape index (κ2) is 5.65. The zero-order valence-corrected chi connectivity index (χ0v) is 11.7. The molecule has 0 saturated carbocycles. The first kappa shape index (κ1) is 11.9. The van der Waals surface area contributed by atoms with Gasteiger partial charge in [0.25, 0.3) is 0 Å². The van der Waals surface area contributed by atoms with Gasteiger partial charge in [-0.3, -0.25) is 0 Å². The molecule has 1 atom stereocenters. The Kier molecular flexibility index (Phi) is 4.19. The Morgan fingerprint density at radius 1 is 1.12 bits per heavy atom. The van der Waals surface area contributed by atoms with Crippen LogP contribution < -0.4 is 0 Å². The molecule has 1 heterocycles. The number of hydrogen-bond donors (Lipinski definition) is 0. The third kappa shape index (κ3) is 2.96. The van der Waals surface area contributed by atoms with Gasteiger partial charge in [-0.15, -0.1) is 11.3 Å². The third-order valence-electron chi connectivity index (χ3n) is 2.60. The van der Waals surface area contributed by atoms with Crippen molar-refractivity contribution >= 4 is 27.3 Å². The second-order valence-electron chi connectivity index (χ2n) is 3.81. The SMILES string of the molecule is CCc1ccc(C(Br)Cc2ccccc2)s1. The highest BCUT2D eigenvalue weighted by atomic mass is 79.9. The van der Waals surface area contributed by atoms with Crippen molar-refractivity contribution in [3.63, 3.8) is 0 Å². The van der Waals surface area contributed by atoms with E-state index in [0.29, 0.717) is 4.83 Å². The molecule has 0 aliphatic carbocycles. The Morgan fingerprint density at radius 3 is 2.50 bits per heavy atom. The molecule has 2 aromatic rings. The Labute approximate surface area is 109 Å². The molecule has 0 saturated heterocycles. The molecule has 0 bridgehead atoms. The van der Waals surface area contributed by atoms with E-state index in [-0.39, 0.29) is 0 Å². The van der Waals surface area contributed by atoms with Crippen LogP contribution in [0.4, 0.5) is 0 Å². The van der Waals surface area contributed by atoms with Crippen molar-refractivity contribution < 1.29 is 0 Å². The number of rotatable bonds is 4. The van der Waals surface area contributed by atoms with E-state index < -0.39 is 0 Å². The topological polar surface area (TPSA) is 0 Å². The highest BCUT2D eigenvalue weighted by Gasteiger charge is 2.10. The number of hydrogen-bond acceptors (Lipinski definition) is 1. The summed E-state index contributed by atoms with van der Waals surface area (Å²) in [7, 11) is 0. The van der Waals surface area contributed by atoms with Crippen molar-refractivity contribution in [2.45, 2.75) is 24.6 Å². The van der Waals surface area contributed by atoms with Crippen LogP contribution in [0.15, 0.2) is 42.5 Å². The van der Waals surface area contributed by atoms with E-state index in [9.17, 15) is 0 Å². The van der Waals surface area contributed by atoms with E-state index in [1.54, 1.807) is 0 Å². The van der Waals surface area contributed by atoms with Crippen LogP contribution in [0, 0.1) is 0 Å². The predicted octanol–water partition coefficient (Wildman–Crippen LogP) is 4.99. The number of alkyl halides is 1. The first-order valence-corrected chi connectivity index (χ1v) is 7.29. The maximum Gasteiger partial charge on any atom is 0.0529 e. The summed E-state index contributed by atoms with van der Waals surface area (Å²) in [5, 5.41) is 0. The van der Waals surface area contributed by atoms with Crippen molar-refractivity contribution in [3.8, 4) is 0 Å². The summed E-state index contributed by atoms with van der Waals surface area (Å²) in [4.78, 5) is 3.34. The maximum atomic E-state index is 3.78. The van der Waals surface area contributed by atoms with Gasteiger partial charge in [0, 0.05) is 9.75 Å². The summed E-state index contributed by atoms with van der Waals surface area (Å²) >= 11 is 5.69. The van der Waals surface area contributed by atoms with Crippen molar-refractivity contribution in [1.82, 2.24) is 0 Å². The summed E-state index contributed by atoms with van der Waals surface area (Å²) in [5.41, 5.74) is 1.39. The van der Waals surface area contributed by atoms with Gasteiger partial charge in [0.05, 0.1) is 4.83 Å². The standard InChI is InChI=1S/C14H15BrS/c1-2-12-8-9-14(16-12)13(15)10-11-6-4-3-5-7-11/h3-9,13H,2,10H2,1H3. The average molecular weight is 295 g/mol. The minimum Gasteiger partial charge on any atom is -0.144 e. The highest BCUT2D eigenvalue weighted by Crippen LogP contribution is 2.32. The van der Waals surface area contributed by atoms with Crippen molar-refractivity contribution in [2.24, 2.45) is 0 Å². The van der Waals surface area contributed by atoms with Gasteiger partial charge in [-0.2, -0.15) is 0 Å². The van der Waals surface area contributed by atoms with E-state index in [1.165, 1.54) is 15.3 Å². The van der Waals surface area contributed by atoms with Gasteiger partial charge < -0.3 is 0 Å². The van der Waals surface area contributed by atoms with Gasteiger partial charge in [-0.25, -0.2) is 0 Å². The van der Waals surface area contributed by atoms with Crippen LogP contribution in [0.25, 0.3) is 0 Å². The van der Waals surface area contributed by atoms with Gasteiger partial charge in [-0.1, -0.05) is 53.2 Å². The average Bonchev–Trinajstić information content (AvgIpc) is 2.79. The van der Waals surface area contributed by atoms with E-state index in [2.05, 4.69) is 65.3 Å². The molecule has 0 nitrogen and oxygen atoms in total. The van der Waals surface area contributed by atoms with Gasteiger partial charge >= 0.3 is 0 Å². The van der Waals surface area contributed by atoms with Crippen molar-refractivity contribution in [1.29, 1.82) is 0 Å². The minimum absolute atomic E-state index is 0.445. The molecular weight excluding hydrogens is 280 g/mol. The molecule has 16 heavy (non-hydrogen) atoms. The number of thiophene rings is 1. The molecule has 0 fully saturated rings. The molecule has 0 aliphatic heterocycles. The van der Waals surface area contributed by atoms with Gasteiger partial charge in [0.2, 0.25) is 0 Å². The fourth-order valence-electron chi connectivity index (χ4n) is 1.67. The number of benzene rings is 1. The van der Waals surface area contributed by atoms with Crippen LogP contribution >= 0.6 is 27.3 Å². The normalized spacial score (nSPS) is 12.6. The molecule has 0 radical (unpaired) electrons. The molecule has 2 rings (SSSR count). The number of halogens is 1. The van der Waals surface area contributed by atoms with E-state index in [1.807, 2.05) is 11.3 Å². The fourth-order valence-corrected chi connectivity index (χ4v) is 3.41. The second-order valence-corrected chi connectivity index (χ2v) is 6.12. The molecule has 0 aliphatic rings. The quantitative estimate of drug-likeness (QED) is 0.697. The summed E-state index contributed by atoms with van der Waals surface area (Å²) in [6.45, 7) is 2.20. The van der Waals surface area contributed by atoms with Crippen LogP contribution in [-0.2, 0) is 12.8 Å². The molecule has 0 amide bonds. The lowest BCUT2D eigenvalue weighted by Gasteiger charge is -2.07. The van der Waals surface area contributed by atoms with Gasteiger partial charge in [-0.05, 0) is 30.5 Å². The van der Waals surface area contributed by atoms with E-state index in [4.69, 9.17) is 0 Å². The van der Waals surface area contributed by atoms with Crippen LogP contribution in [0.5, 0.6) is 0 Å². The molecule has 0 spiro atoms. The largest absolute Gasteiger partial charge is 0.144 e. The summed E-state index contributed by atoms with van der Waals surface area (Å²) < 4.78 is 0. The van der Waals surface area contributed by atoms with Crippen molar-refractivity contribution in [2.75, 3.05) is 0 Å². The molecule has 1 unspecified atom stereocenters. The highest BCUT2D eigenvalue weighted by molar-refractivity contribution is 9.09. The van der Waals surface area contributed by atoms with Crippen LogP contribution in [0.1, 0.15) is 27.1 Å². The zero-order valence-electron chi connectivity index (χ0n) is 9.32. The van der Waals surface area contributed by atoms with E-state index in [0.717, 1.165) is 12.8 Å². The first-order chi connectivity index (χ1) is 7.79. The van der Waals surface area contributed by atoms with Gasteiger partial charge in [0.1, 0.15) is 0 Å². The summed E-state index contributed by atoms with van der Waals surface area (Å²) in [6, 6.07) is 15.1. The molecule has 0 N–H and O–H groups in total. The lowest BCUT2D eigenvalue weighted by molar-refractivity contribution is 0.970. The summed E-state index contributed by atoms with van der Waals surface area (Å²) in [5.74, 6) is 0. The molecular formula is C14H15BrS. The summed E-state index contributed by atoms with van der Waals surface area (Å²) in [6.07, 6.45) is 2.19. The zero-order chi connectivity index (χ0) is 11.4. The molecule has 2 heteroatoms. The van der Waals surface area contributed by atoms with Crippen LogP contribution in [-0.4, -0.2) is 0 Å². The molecule has 1 aromatic heterocycles. The predicted molar refractivity (Wildman–Crippen MR) is 75.5 cm³/mol. The Balaban J connectivity index is 2.05. The fraction of sp³-hybridized carbons (Fsp3) is 0.286. The third-order valence-corrected chi connectivity index (χ3v) is 5.06. The van der Waals surface area contributed by atoms with Crippen LogP contribution in [0.2, 0.25) is 0 Å². The number of aryl methyl sites for hydroxylation is 1. The van der Waals surface area contributed by atoms with E-state index >= 15 is 0 Å². The first-order valence-electron chi connectivity index (χ1n) is 5.56.